The molecule has 2 rings (SSSR count). The summed E-state index contributed by atoms with van der Waals surface area (Å²) < 4.78 is 25.8. The van der Waals surface area contributed by atoms with Gasteiger partial charge in [-0.2, -0.15) is 0 Å². The Bertz CT molecular complexity index is 479. The Morgan fingerprint density at radius 3 is 2.79 bits per heavy atom. The third kappa shape index (κ3) is 3.29. The van der Waals surface area contributed by atoms with Gasteiger partial charge in [0.05, 0.1) is 12.5 Å². The van der Waals surface area contributed by atoms with Gasteiger partial charge in [-0.1, -0.05) is 13.0 Å². The van der Waals surface area contributed by atoms with Gasteiger partial charge in [0.2, 0.25) is 5.91 Å². The number of hydrogen-bond acceptors (Lipinski definition) is 2. The molecular weight excluding hydrogens is 252 g/mol. The predicted octanol–water partition coefficient (Wildman–Crippen LogP) is 1.74. The fraction of sp³-hybridized carbons (Fsp3) is 0.500. The molecule has 1 aliphatic heterocycles. The first kappa shape index (κ1) is 13.9. The number of carbonyl (C=O) groups is 1. The van der Waals surface area contributed by atoms with Crippen molar-refractivity contribution in [3.8, 4) is 0 Å². The molecule has 1 amide bonds. The highest BCUT2D eigenvalue weighted by atomic mass is 19.2. The molecule has 0 saturated carbocycles. The highest BCUT2D eigenvalue weighted by Crippen LogP contribution is 2.18. The zero-order chi connectivity index (χ0) is 14.0. The first-order valence-electron chi connectivity index (χ1n) is 6.37. The van der Waals surface area contributed by atoms with Crippen molar-refractivity contribution in [3.05, 3.63) is 35.4 Å². The molecule has 5 heteroatoms. The number of hydrogen-bond donors (Lipinski definition) is 1. The fourth-order valence-electron chi connectivity index (χ4n) is 2.30. The van der Waals surface area contributed by atoms with Crippen molar-refractivity contribution >= 4 is 5.91 Å². The van der Waals surface area contributed by atoms with Crippen LogP contribution in [0.15, 0.2) is 18.2 Å². The van der Waals surface area contributed by atoms with E-state index in [2.05, 4.69) is 0 Å². The molecule has 0 aromatic heterocycles. The second-order valence-electron chi connectivity index (χ2n) is 5.10. The van der Waals surface area contributed by atoms with E-state index < -0.39 is 11.6 Å². The Hall–Kier alpha value is -1.49. The number of benzene rings is 1. The number of piperidine rings is 1. The van der Waals surface area contributed by atoms with Crippen LogP contribution in [0.4, 0.5) is 8.78 Å². The zero-order valence-corrected chi connectivity index (χ0v) is 10.8. The van der Waals surface area contributed by atoms with Crippen LogP contribution in [0.25, 0.3) is 0 Å². The molecule has 2 atom stereocenters. The van der Waals surface area contributed by atoms with Crippen molar-refractivity contribution in [3.63, 3.8) is 0 Å². The molecule has 1 saturated heterocycles. The lowest BCUT2D eigenvalue weighted by atomic mass is 9.96. The van der Waals surface area contributed by atoms with Gasteiger partial charge in [0.25, 0.3) is 0 Å². The maximum atomic E-state index is 13.1. The minimum Gasteiger partial charge on any atom is -0.393 e. The van der Waals surface area contributed by atoms with E-state index >= 15 is 0 Å². The van der Waals surface area contributed by atoms with Gasteiger partial charge in [-0.15, -0.1) is 0 Å². The maximum Gasteiger partial charge on any atom is 0.227 e. The number of likely N-dealkylation sites (tertiary alicyclic amines) is 1. The van der Waals surface area contributed by atoms with E-state index in [9.17, 15) is 18.7 Å². The van der Waals surface area contributed by atoms with E-state index in [1.54, 1.807) is 4.90 Å². The van der Waals surface area contributed by atoms with Crippen LogP contribution in [-0.4, -0.2) is 35.1 Å². The molecule has 2 unspecified atom stereocenters. The van der Waals surface area contributed by atoms with Crippen molar-refractivity contribution < 1.29 is 18.7 Å². The maximum absolute atomic E-state index is 13.1. The summed E-state index contributed by atoms with van der Waals surface area (Å²) in [7, 11) is 0. The first-order chi connectivity index (χ1) is 8.97. The molecule has 1 aliphatic rings. The summed E-state index contributed by atoms with van der Waals surface area (Å²) in [5.41, 5.74) is 0.461. The monoisotopic (exact) mass is 269 g/mol. The second kappa shape index (κ2) is 5.65. The third-order valence-corrected chi connectivity index (χ3v) is 3.55. The van der Waals surface area contributed by atoms with Gasteiger partial charge in [0.1, 0.15) is 0 Å². The standard InChI is InChI=1S/C14H17F2NO2/c1-9-8-17(5-4-13(9)18)14(19)7-10-2-3-11(15)12(16)6-10/h2-3,6,9,13,18H,4-5,7-8H2,1H3. The van der Waals surface area contributed by atoms with Crippen LogP contribution in [0.1, 0.15) is 18.9 Å². The number of amides is 1. The summed E-state index contributed by atoms with van der Waals surface area (Å²) in [6.45, 7) is 2.90. The Morgan fingerprint density at radius 1 is 1.42 bits per heavy atom. The number of aliphatic hydroxyl groups is 1. The van der Waals surface area contributed by atoms with Crippen molar-refractivity contribution in [2.24, 2.45) is 5.92 Å². The second-order valence-corrected chi connectivity index (χ2v) is 5.10. The molecule has 1 heterocycles. The SMILES string of the molecule is CC1CN(C(=O)Cc2ccc(F)c(F)c2)CCC1O. The van der Waals surface area contributed by atoms with E-state index in [0.29, 0.717) is 25.1 Å². The van der Waals surface area contributed by atoms with Crippen LogP contribution in [0.3, 0.4) is 0 Å². The zero-order valence-electron chi connectivity index (χ0n) is 10.8. The van der Waals surface area contributed by atoms with Gasteiger partial charge in [-0.25, -0.2) is 8.78 Å². The van der Waals surface area contributed by atoms with Crippen LogP contribution in [0.2, 0.25) is 0 Å². The van der Waals surface area contributed by atoms with E-state index in [-0.39, 0.29) is 24.3 Å². The molecule has 1 aromatic carbocycles. The molecule has 0 aliphatic carbocycles. The fourth-order valence-corrected chi connectivity index (χ4v) is 2.30. The van der Waals surface area contributed by atoms with E-state index in [1.807, 2.05) is 6.92 Å². The van der Waals surface area contributed by atoms with Crippen molar-refractivity contribution in [1.29, 1.82) is 0 Å². The summed E-state index contributed by atoms with van der Waals surface area (Å²) >= 11 is 0. The topological polar surface area (TPSA) is 40.5 Å². The third-order valence-electron chi connectivity index (χ3n) is 3.55. The van der Waals surface area contributed by atoms with E-state index in [4.69, 9.17) is 0 Å². The average Bonchev–Trinajstić information content (AvgIpc) is 2.37. The van der Waals surface area contributed by atoms with E-state index in [1.165, 1.54) is 6.07 Å². The molecule has 0 bridgehead atoms. The lowest BCUT2D eigenvalue weighted by Crippen LogP contribution is -2.45. The Kier molecular flexibility index (Phi) is 4.14. The molecule has 0 radical (unpaired) electrons. The molecule has 104 valence electrons. The summed E-state index contributed by atoms with van der Waals surface area (Å²) in [6.07, 6.45) is 0.248. The smallest absolute Gasteiger partial charge is 0.227 e. The number of aliphatic hydroxyl groups excluding tert-OH is 1. The van der Waals surface area contributed by atoms with Crippen molar-refractivity contribution in [2.45, 2.75) is 25.9 Å². The van der Waals surface area contributed by atoms with Crippen molar-refractivity contribution in [1.82, 2.24) is 4.90 Å². The molecular formula is C14H17F2NO2. The Balaban J connectivity index is 1.99. The van der Waals surface area contributed by atoms with Crippen LogP contribution >= 0.6 is 0 Å². The minimum atomic E-state index is -0.937. The molecule has 1 N–H and O–H groups in total. The molecule has 1 aromatic rings. The minimum absolute atomic E-state index is 0.0441. The quantitative estimate of drug-likeness (QED) is 0.888. The molecule has 3 nitrogen and oxygen atoms in total. The molecule has 0 spiro atoms. The number of halogens is 2. The highest BCUT2D eigenvalue weighted by Gasteiger charge is 2.27. The average molecular weight is 269 g/mol. The normalized spacial score (nSPS) is 23.5. The van der Waals surface area contributed by atoms with Crippen LogP contribution in [0.5, 0.6) is 0 Å². The van der Waals surface area contributed by atoms with Gasteiger partial charge in [-0.3, -0.25) is 4.79 Å². The predicted molar refractivity (Wildman–Crippen MR) is 66.4 cm³/mol. The summed E-state index contributed by atoms with van der Waals surface area (Å²) in [4.78, 5) is 13.7. The van der Waals surface area contributed by atoms with Crippen LogP contribution in [0, 0.1) is 17.6 Å². The van der Waals surface area contributed by atoms with Crippen LogP contribution in [-0.2, 0) is 11.2 Å². The van der Waals surface area contributed by atoms with E-state index in [0.717, 1.165) is 12.1 Å². The number of nitrogens with zero attached hydrogens (tertiary/aromatic N) is 1. The Morgan fingerprint density at radius 2 is 2.16 bits per heavy atom. The lowest BCUT2D eigenvalue weighted by molar-refractivity contribution is -0.133. The number of carbonyl (C=O) groups excluding carboxylic acids is 1. The van der Waals surface area contributed by atoms with Gasteiger partial charge in [-0.05, 0) is 30.0 Å². The van der Waals surface area contributed by atoms with Gasteiger partial charge < -0.3 is 10.0 Å². The largest absolute Gasteiger partial charge is 0.393 e. The molecule has 1 fully saturated rings. The summed E-state index contributed by atoms with van der Waals surface area (Å²) in [5, 5.41) is 9.60. The van der Waals surface area contributed by atoms with Gasteiger partial charge >= 0.3 is 0 Å². The van der Waals surface area contributed by atoms with Crippen LogP contribution < -0.4 is 0 Å². The lowest BCUT2D eigenvalue weighted by Gasteiger charge is -2.34. The van der Waals surface area contributed by atoms with Gasteiger partial charge in [0.15, 0.2) is 11.6 Å². The molecule has 19 heavy (non-hydrogen) atoms. The highest BCUT2D eigenvalue weighted by molar-refractivity contribution is 5.78. The van der Waals surface area contributed by atoms with Crippen molar-refractivity contribution in [2.75, 3.05) is 13.1 Å². The number of rotatable bonds is 2. The Labute approximate surface area is 110 Å². The van der Waals surface area contributed by atoms with Gasteiger partial charge in [0, 0.05) is 13.1 Å². The summed E-state index contributed by atoms with van der Waals surface area (Å²) in [6, 6.07) is 3.49. The summed E-state index contributed by atoms with van der Waals surface area (Å²) in [5.74, 6) is -1.92. The first-order valence-corrected chi connectivity index (χ1v) is 6.37.